The third-order valence-electron chi connectivity index (χ3n) is 2.69. The van der Waals surface area contributed by atoms with E-state index in [-0.39, 0.29) is 12.3 Å². The van der Waals surface area contributed by atoms with Crippen LogP contribution in [0.1, 0.15) is 10.4 Å². The molecule has 0 radical (unpaired) electrons. The molecule has 1 aromatic heterocycles. The zero-order valence-corrected chi connectivity index (χ0v) is 14.8. The lowest BCUT2D eigenvalue weighted by Crippen LogP contribution is -2.26. The molecule has 5 nitrogen and oxygen atoms in total. The Bertz CT molecular complexity index is 536. The highest BCUT2D eigenvalue weighted by molar-refractivity contribution is 9.10. The summed E-state index contributed by atoms with van der Waals surface area (Å²) in [4.78, 5) is 23.4. The van der Waals surface area contributed by atoms with E-state index in [9.17, 15) is 9.59 Å². The fraction of sp³-hybridized carbons (Fsp3) is 0.538. The van der Waals surface area contributed by atoms with Crippen molar-refractivity contribution >= 4 is 30.0 Å². The van der Waals surface area contributed by atoms with E-state index in [1.165, 1.54) is 23.9 Å². The Morgan fingerprint density at radius 2 is 2.05 bits per heavy atom. The number of hydrogen-bond donors (Lipinski definition) is 0. The lowest BCUT2D eigenvalue weighted by atomic mass is 10.3. The standard InChI is InChI=1S/C13H20BrNO4Si/c1-18-13(17)10-7-11(14)12(16)15(8-10)9-19-5-6-20(2,3)4/h7-8H,5-6,9H2,1-4H3. The average Bonchev–Trinajstić information content (AvgIpc) is 2.36. The number of pyridine rings is 1. The maximum Gasteiger partial charge on any atom is 0.339 e. The maximum absolute atomic E-state index is 11.9. The molecule has 0 aliphatic heterocycles. The van der Waals surface area contributed by atoms with Crippen LogP contribution in [0.15, 0.2) is 21.5 Å². The number of carbonyl (C=O) groups excluding carboxylic acids is 1. The molecule has 0 bridgehead atoms. The topological polar surface area (TPSA) is 57.5 Å². The van der Waals surface area contributed by atoms with Crippen LogP contribution < -0.4 is 5.56 Å². The molecule has 0 atom stereocenters. The summed E-state index contributed by atoms with van der Waals surface area (Å²) in [6, 6.07) is 2.48. The van der Waals surface area contributed by atoms with Crippen LogP contribution in [0, 0.1) is 0 Å². The summed E-state index contributed by atoms with van der Waals surface area (Å²) >= 11 is 3.15. The number of methoxy groups -OCH3 is 1. The van der Waals surface area contributed by atoms with Crippen molar-refractivity contribution in [3.63, 3.8) is 0 Å². The van der Waals surface area contributed by atoms with Gasteiger partial charge in [-0.2, -0.15) is 0 Å². The van der Waals surface area contributed by atoms with E-state index in [1.54, 1.807) is 0 Å². The summed E-state index contributed by atoms with van der Waals surface area (Å²) in [5.74, 6) is -0.485. The number of halogens is 1. The van der Waals surface area contributed by atoms with E-state index in [0.717, 1.165) is 6.04 Å². The number of carbonyl (C=O) groups is 1. The van der Waals surface area contributed by atoms with Gasteiger partial charge in [-0.15, -0.1) is 0 Å². The molecule has 0 N–H and O–H groups in total. The van der Waals surface area contributed by atoms with Crippen LogP contribution in [-0.2, 0) is 16.2 Å². The second-order valence-electron chi connectivity index (χ2n) is 5.69. The van der Waals surface area contributed by atoms with Gasteiger partial charge >= 0.3 is 5.97 Å². The van der Waals surface area contributed by atoms with Gasteiger partial charge in [-0.25, -0.2) is 4.79 Å². The zero-order valence-electron chi connectivity index (χ0n) is 12.2. The van der Waals surface area contributed by atoms with Crippen molar-refractivity contribution in [2.24, 2.45) is 0 Å². The summed E-state index contributed by atoms with van der Waals surface area (Å²) in [5, 5.41) is 0. The Balaban J connectivity index is 2.77. The van der Waals surface area contributed by atoms with Gasteiger partial charge in [0.05, 0.1) is 17.1 Å². The molecule has 0 amide bonds. The Kier molecular flexibility index (Phi) is 6.16. The summed E-state index contributed by atoms with van der Waals surface area (Å²) in [6.07, 6.45) is 1.45. The number of ether oxygens (including phenoxy) is 2. The van der Waals surface area contributed by atoms with Crippen LogP contribution in [0.4, 0.5) is 0 Å². The summed E-state index contributed by atoms with van der Waals surface area (Å²) in [5.41, 5.74) is 0.0819. The molecule has 1 heterocycles. The monoisotopic (exact) mass is 361 g/mol. The number of hydrogen-bond acceptors (Lipinski definition) is 4. The minimum atomic E-state index is -1.15. The Morgan fingerprint density at radius 1 is 1.40 bits per heavy atom. The van der Waals surface area contributed by atoms with Gasteiger partial charge in [-0.1, -0.05) is 19.6 Å². The van der Waals surface area contributed by atoms with Crippen LogP contribution in [0.5, 0.6) is 0 Å². The predicted molar refractivity (Wildman–Crippen MR) is 83.8 cm³/mol. The highest BCUT2D eigenvalue weighted by Gasteiger charge is 2.13. The van der Waals surface area contributed by atoms with E-state index >= 15 is 0 Å². The molecular weight excluding hydrogens is 342 g/mol. The highest BCUT2D eigenvalue weighted by atomic mass is 79.9. The minimum absolute atomic E-state index is 0.132. The summed E-state index contributed by atoms with van der Waals surface area (Å²) in [6.45, 7) is 7.53. The maximum atomic E-state index is 11.9. The zero-order chi connectivity index (χ0) is 15.3. The Morgan fingerprint density at radius 3 is 2.60 bits per heavy atom. The smallest absolute Gasteiger partial charge is 0.339 e. The van der Waals surface area contributed by atoms with Gasteiger partial charge in [0.25, 0.3) is 5.56 Å². The first-order chi connectivity index (χ1) is 9.24. The average molecular weight is 362 g/mol. The van der Waals surface area contributed by atoms with Crippen LogP contribution >= 0.6 is 15.9 Å². The van der Waals surface area contributed by atoms with Gasteiger partial charge in [-0.05, 0) is 28.0 Å². The molecule has 0 saturated heterocycles. The van der Waals surface area contributed by atoms with Gasteiger partial charge < -0.3 is 9.47 Å². The van der Waals surface area contributed by atoms with E-state index in [4.69, 9.17) is 4.74 Å². The molecule has 0 fully saturated rings. The molecule has 0 aromatic carbocycles. The quantitative estimate of drug-likeness (QED) is 0.444. The van der Waals surface area contributed by atoms with Gasteiger partial charge in [0.15, 0.2) is 0 Å². The first kappa shape index (κ1) is 17.1. The van der Waals surface area contributed by atoms with Crippen molar-refractivity contribution < 1.29 is 14.3 Å². The molecule has 0 saturated carbocycles. The molecule has 0 aliphatic rings. The molecule has 1 aromatic rings. The normalized spacial score (nSPS) is 11.4. The summed E-state index contributed by atoms with van der Waals surface area (Å²) in [7, 11) is 0.151. The van der Waals surface area contributed by atoms with Gasteiger partial charge in [-0.3, -0.25) is 9.36 Å². The third kappa shape index (κ3) is 5.22. The molecule has 112 valence electrons. The first-order valence-electron chi connectivity index (χ1n) is 6.30. The van der Waals surface area contributed by atoms with E-state index in [2.05, 4.69) is 40.3 Å². The molecular formula is C13H20BrNO4Si. The second kappa shape index (κ2) is 7.19. The van der Waals surface area contributed by atoms with Crippen molar-refractivity contribution in [2.75, 3.05) is 13.7 Å². The van der Waals surface area contributed by atoms with Crippen molar-refractivity contribution in [1.29, 1.82) is 0 Å². The Hall–Kier alpha value is -0.923. The number of esters is 1. The first-order valence-corrected chi connectivity index (χ1v) is 10.8. The van der Waals surface area contributed by atoms with Crippen molar-refractivity contribution in [1.82, 2.24) is 4.57 Å². The Labute approximate surface area is 128 Å². The summed E-state index contributed by atoms with van der Waals surface area (Å²) < 4.78 is 11.8. The largest absolute Gasteiger partial charge is 0.465 e. The van der Waals surface area contributed by atoms with E-state index in [1.807, 2.05) is 0 Å². The highest BCUT2D eigenvalue weighted by Crippen LogP contribution is 2.10. The molecule has 20 heavy (non-hydrogen) atoms. The van der Waals surface area contributed by atoms with E-state index in [0.29, 0.717) is 16.6 Å². The molecule has 7 heteroatoms. The molecule has 1 rings (SSSR count). The van der Waals surface area contributed by atoms with Crippen molar-refractivity contribution in [3.05, 3.63) is 32.7 Å². The number of nitrogens with zero attached hydrogens (tertiary/aromatic N) is 1. The van der Waals surface area contributed by atoms with Crippen LogP contribution in [-0.4, -0.2) is 32.3 Å². The fourth-order valence-electron chi connectivity index (χ4n) is 1.47. The van der Waals surface area contributed by atoms with E-state index < -0.39 is 14.0 Å². The van der Waals surface area contributed by atoms with Crippen LogP contribution in [0.25, 0.3) is 0 Å². The van der Waals surface area contributed by atoms with Crippen molar-refractivity contribution in [2.45, 2.75) is 32.4 Å². The molecule has 0 spiro atoms. The lowest BCUT2D eigenvalue weighted by Gasteiger charge is -2.16. The van der Waals surface area contributed by atoms with Gasteiger partial charge in [0, 0.05) is 20.9 Å². The SMILES string of the molecule is COC(=O)c1cc(Br)c(=O)n(COCC[Si](C)(C)C)c1. The lowest BCUT2D eigenvalue weighted by molar-refractivity contribution is 0.0594. The molecule has 0 unspecified atom stereocenters. The predicted octanol–water partition coefficient (Wildman–Crippen LogP) is 2.71. The fourth-order valence-corrected chi connectivity index (χ4v) is 2.70. The van der Waals surface area contributed by atoms with Crippen LogP contribution in [0.3, 0.4) is 0 Å². The van der Waals surface area contributed by atoms with Crippen LogP contribution in [0.2, 0.25) is 25.7 Å². The van der Waals surface area contributed by atoms with Gasteiger partial charge in [0.2, 0.25) is 0 Å². The minimum Gasteiger partial charge on any atom is -0.465 e. The number of rotatable bonds is 6. The second-order valence-corrected chi connectivity index (χ2v) is 12.2. The number of aromatic nitrogens is 1. The van der Waals surface area contributed by atoms with Gasteiger partial charge in [0.1, 0.15) is 6.73 Å². The van der Waals surface area contributed by atoms with Crippen molar-refractivity contribution in [3.8, 4) is 0 Å². The third-order valence-corrected chi connectivity index (χ3v) is 4.96. The molecule has 0 aliphatic carbocycles.